The first-order valence-electron chi connectivity index (χ1n) is 12.9. The average Bonchev–Trinajstić information content (AvgIpc) is 3.34. The fourth-order valence-corrected chi connectivity index (χ4v) is 7.36. The van der Waals surface area contributed by atoms with Crippen molar-refractivity contribution in [2.45, 2.75) is 37.2 Å². The Kier molecular flexibility index (Phi) is 9.86. The van der Waals surface area contributed by atoms with Crippen LogP contribution >= 0.6 is 11.3 Å². The van der Waals surface area contributed by atoms with Crippen LogP contribution in [0, 0.1) is 22.7 Å². The third kappa shape index (κ3) is 6.99. The largest absolute Gasteiger partial charge is 0.465 e. The van der Waals surface area contributed by atoms with Gasteiger partial charge in [0.25, 0.3) is 5.91 Å². The number of nitriles is 2. The smallest absolute Gasteiger partial charge is 0.341 e. The zero-order valence-corrected chi connectivity index (χ0v) is 24.1. The molecular weight excluding hydrogens is 562 g/mol. The zero-order chi connectivity index (χ0) is 29.4. The third-order valence-electron chi connectivity index (χ3n) is 6.70. The predicted molar refractivity (Wildman–Crippen MR) is 154 cm³/mol. The van der Waals surface area contributed by atoms with E-state index in [-0.39, 0.29) is 36.4 Å². The number of anilines is 1. The van der Waals surface area contributed by atoms with Crippen molar-refractivity contribution in [2.75, 3.05) is 32.1 Å². The van der Waals surface area contributed by atoms with Gasteiger partial charge in [0, 0.05) is 56.0 Å². The average molecular weight is 592 g/mol. The summed E-state index contributed by atoms with van der Waals surface area (Å²) in [5.41, 5.74) is 2.62. The number of rotatable bonds is 11. The van der Waals surface area contributed by atoms with Crippen molar-refractivity contribution in [3.05, 3.63) is 81.7 Å². The quantitative estimate of drug-likeness (QED) is 0.327. The Morgan fingerprint density at radius 3 is 2.32 bits per heavy atom. The second-order valence-corrected chi connectivity index (χ2v) is 12.4. The highest BCUT2D eigenvalue weighted by Gasteiger charge is 2.30. The summed E-state index contributed by atoms with van der Waals surface area (Å²) in [5.74, 6) is -1.02. The molecule has 1 aliphatic rings. The Hall–Kier alpha value is -4.07. The Balaban J connectivity index is 1.52. The monoisotopic (exact) mass is 591 g/mol. The van der Waals surface area contributed by atoms with E-state index in [9.17, 15) is 18.0 Å². The van der Waals surface area contributed by atoms with Gasteiger partial charge < -0.3 is 10.1 Å². The second-order valence-electron chi connectivity index (χ2n) is 9.34. The van der Waals surface area contributed by atoms with Crippen LogP contribution in [0.15, 0.2) is 59.5 Å². The minimum absolute atomic E-state index is 0.0114. The number of hydrogen-bond acceptors (Lipinski definition) is 9. The SMILES string of the molecule is COC(=O)c1c(NC(=O)c2ccc(S(=O)(=O)N(CCC#N)CCC#N)cc2)sc2c1CCN(Cc1ccccc1)C2. The van der Waals surface area contributed by atoms with Crippen molar-refractivity contribution in [1.29, 1.82) is 10.5 Å². The summed E-state index contributed by atoms with van der Waals surface area (Å²) in [7, 11) is -2.66. The lowest BCUT2D eigenvalue weighted by atomic mass is 10.0. The molecule has 1 N–H and O–H groups in total. The minimum atomic E-state index is -3.96. The molecule has 0 radical (unpaired) electrons. The van der Waals surface area contributed by atoms with Crippen LogP contribution in [-0.2, 0) is 34.3 Å². The molecule has 4 rings (SSSR count). The van der Waals surface area contributed by atoms with Crippen molar-refractivity contribution < 1.29 is 22.7 Å². The highest BCUT2D eigenvalue weighted by atomic mass is 32.2. The highest BCUT2D eigenvalue weighted by Crippen LogP contribution is 2.38. The lowest BCUT2D eigenvalue weighted by Gasteiger charge is -2.27. The molecule has 12 heteroatoms. The van der Waals surface area contributed by atoms with Gasteiger partial charge in [-0.15, -0.1) is 11.3 Å². The molecule has 41 heavy (non-hydrogen) atoms. The van der Waals surface area contributed by atoms with Crippen molar-refractivity contribution >= 4 is 38.2 Å². The number of fused-ring (bicyclic) bond motifs is 1. The fourth-order valence-electron chi connectivity index (χ4n) is 4.64. The van der Waals surface area contributed by atoms with Gasteiger partial charge >= 0.3 is 5.97 Å². The van der Waals surface area contributed by atoms with Crippen molar-refractivity contribution in [2.24, 2.45) is 0 Å². The molecule has 2 heterocycles. The van der Waals surface area contributed by atoms with E-state index in [0.29, 0.717) is 23.5 Å². The van der Waals surface area contributed by atoms with E-state index in [4.69, 9.17) is 15.3 Å². The number of benzene rings is 2. The molecule has 3 aromatic rings. The van der Waals surface area contributed by atoms with E-state index in [1.165, 1.54) is 48.3 Å². The molecule has 1 aromatic heterocycles. The van der Waals surface area contributed by atoms with Crippen LogP contribution in [0.4, 0.5) is 5.00 Å². The summed E-state index contributed by atoms with van der Waals surface area (Å²) < 4.78 is 32.3. The molecule has 2 aromatic carbocycles. The van der Waals surface area contributed by atoms with Gasteiger partial charge in [0.2, 0.25) is 10.0 Å². The number of carbonyl (C=O) groups excluding carboxylic acids is 2. The van der Waals surface area contributed by atoms with E-state index in [1.54, 1.807) is 0 Å². The van der Waals surface area contributed by atoms with Gasteiger partial charge in [0.1, 0.15) is 5.00 Å². The number of ether oxygens (including phenoxy) is 1. The number of sulfonamides is 1. The van der Waals surface area contributed by atoms with Crippen molar-refractivity contribution in [3.8, 4) is 12.1 Å². The number of thiophene rings is 1. The first-order chi connectivity index (χ1) is 19.8. The first kappa shape index (κ1) is 29.9. The van der Waals surface area contributed by atoms with Crippen LogP contribution in [0.5, 0.6) is 0 Å². The number of esters is 1. The van der Waals surface area contributed by atoms with Gasteiger partial charge in [-0.2, -0.15) is 14.8 Å². The molecule has 1 aliphatic heterocycles. The number of nitrogens with zero attached hydrogens (tertiary/aromatic N) is 4. The van der Waals surface area contributed by atoms with E-state index < -0.39 is 21.9 Å². The third-order valence-corrected chi connectivity index (χ3v) is 9.75. The van der Waals surface area contributed by atoms with E-state index in [1.807, 2.05) is 30.3 Å². The predicted octanol–water partition coefficient (Wildman–Crippen LogP) is 4.16. The molecule has 0 aliphatic carbocycles. The number of methoxy groups -OCH3 is 1. The van der Waals surface area contributed by atoms with Gasteiger partial charge in [0.15, 0.2) is 0 Å². The summed E-state index contributed by atoms with van der Waals surface area (Å²) in [4.78, 5) is 29.1. The molecule has 1 amide bonds. The standard InChI is InChI=1S/C29H29N5O5S2/c1-39-29(36)26-24-13-18-33(19-21-7-3-2-4-8-21)20-25(24)40-28(26)32-27(35)22-9-11-23(12-10-22)41(37,38)34(16-5-14-30)17-6-15-31/h2-4,7-12H,5-6,13,16-20H2,1H3,(H,32,35). The van der Waals surface area contributed by atoms with E-state index >= 15 is 0 Å². The van der Waals surface area contributed by atoms with Crippen LogP contribution in [0.3, 0.4) is 0 Å². The van der Waals surface area contributed by atoms with Crippen LogP contribution in [0.25, 0.3) is 0 Å². The number of hydrogen-bond donors (Lipinski definition) is 1. The lowest BCUT2D eigenvalue weighted by molar-refractivity contribution is 0.0600. The summed E-state index contributed by atoms with van der Waals surface area (Å²) in [5, 5.41) is 21.0. The summed E-state index contributed by atoms with van der Waals surface area (Å²) in [6, 6.07) is 19.4. The molecule has 0 unspecified atom stereocenters. The fraction of sp³-hybridized carbons (Fsp3) is 0.310. The molecule has 212 valence electrons. The van der Waals surface area contributed by atoms with Crippen molar-refractivity contribution in [3.63, 3.8) is 0 Å². The molecular formula is C29H29N5O5S2. The summed E-state index contributed by atoms with van der Waals surface area (Å²) >= 11 is 1.34. The van der Waals surface area contributed by atoms with Crippen LogP contribution in [0.2, 0.25) is 0 Å². The molecule has 0 atom stereocenters. The van der Waals surface area contributed by atoms with E-state index in [0.717, 1.165) is 27.8 Å². The second kappa shape index (κ2) is 13.5. The molecule has 0 fully saturated rings. The van der Waals surface area contributed by atoms with Gasteiger partial charge in [-0.05, 0) is 41.8 Å². The summed E-state index contributed by atoms with van der Waals surface area (Å²) in [6.07, 6.45) is 0.616. The number of nitrogens with one attached hydrogen (secondary N) is 1. The van der Waals surface area contributed by atoms with Gasteiger partial charge in [-0.1, -0.05) is 30.3 Å². The number of carbonyl (C=O) groups is 2. The Morgan fingerprint density at radius 1 is 1.05 bits per heavy atom. The lowest BCUT2D eigenvalue weighted by Crippen LogP contribution is -2.32. The maximum absolute atomic E-state index is 13.2. The Bertz CT molecular complexity index is 1570. The van der Waals surface area contributed by atoms with Crippen LogP contribution < -0.4 is 5.32 Å². The molecule has 0 bridgehead atoms. The minimum Gasteiger partial charge on any atom is -0.465 e. The van der Waals surface area contributed by atoms with E-state index in [2.05, 4.69) is 22.3 Å². The maximum Gasteiger partial charge on any atom is 0.341 e. The maximum atomic E-state index is 13.2. The normalized spacial score (nSPS) is 13.2. The topological polar surface area (TPSA) is 144 Å². The Morgan fingerprint density at radius 2 is 1.71 bits per heavy atom. The molecule has 0 saturated carbocycles. The van der Waals surface area contributed by atoms with Crippen LogP contribution in [0.1, 0.15) is 49.6 Å². The zero-order valence-electron chi connectivity index (χ0n) is 22.5. The molecule has 0 saturated heterocycles. The molecule has 10 nitrogen and oxygen atoms in total. The van der Waals surface area contributed by atoms with Gasteiger partial charge in [-0.25, -0.2) is 13.2 Å². The Labute approximate surface area is 243 Å². The first-order valence-corrected chi connectivity index (χ1v) is 15.2. The van der Waals surface area contributed by atoms with Crippen LogP contribution in [-0.4, -0.2) is 56.2 Å². The van der Waals surface area contributed by atoms with Crippen molar-refractivity contribution in [1.82, 2.24) is 9.21 Å². The number of amides is 1. The molecule has 0 spiro atoms. The van der Waals surface area contributed by atoms with Gasteiger partial charge in [0.05, 0.1) is 29.7 Å². The van der Waals surface area contributed by atoms with Gasteiger partial charge in [-0.3, -0.25) is 9.69 Å². The summed E-state index contributed by atoms with van der Waals surface area (Å²) in [6.45, 7) is 2.09. The highest BCUT2D eigenvalue weighted by molar-refractivity contribution is 7.89.